The highest BCUT2D eigenvalue weighted by Gasteiger charge is 2.32. The van der Waals surface area contributed by atoms with Gasteiger partial charge in [-0.25, -0.2) is 9.59 Å². The molecule has 1 fully saturated rings. The van der Waals surface area contributed by atoms with Crippen molar-refractivity contribution in [3.8, 4) is 0 Å². The van der Waals surface area contributed by atoms with Crippen LogP contribution in [0.2, 0.25) is 0 Å². The second kappa shape index (κ2) is 9.43. The zero-order valence-corrected chi connectivity index (χ0v) is 15.2. The molecule has 0 radical (unpaired) electrons. The van der Waals surface area contributed by atoms with E-state index in [0.29, 0.717) is 12.0 Å². The number of rotatable bonds is 5. The minimum absolute atomic E-state index is 0.136. The van der Waals surface area contributed by atoms with Crippen molar-refractivity contribution in [2.75, 3.05) is 13.1 Å². The molecule has 144 valence electrons. The molecule has 28 heavy (non-hydrogen) atoms. The lowest BCUT2D eigenvalue weighted by Crippen LogP contribution is -2.49. The standard InChI is InChI=1S/C20H20N4O4/c21-23-22-17-11-18(28-19(25)16-9-5-2-6-10-16)13-24(12-17)20(26)27-14-15-7-3-1-4-8-15/h1-10,17-18H,11-14H2/t17-,18-/m0/s1. The van der Waals surface area contributed by atoms with E-state index in [1.54, 1.807) is 30.3 Å². The van der Waals surface area contributed by atoms with E-state index < -0.39 is 24.2 Å². The van der Waals surface area contributed by atoms with Gasteiger partial charge < -0.3 is 14.4 Å². The third kappa shape index (κ3) is 5.25. The van der Waals surface area contributed by atoms with Crippen LogP contribution in [0.15, 0.2) is 65.8 Å². The Kier molecular flexibility index (Phi) is 6.49. The van der Waals surface area contributed by atoms with E-state index >= 15 is 0 Å². The number of azide groups is 1. The Hall–Kier alpha value is -3.51. The molecule has 0 spiro atoms. The number of carbonyl (C=O) groups is 2. The molecule has 2 atom stereocenters. The first-order chi connectivity index (χ1) is 13.7. The van der Waals surface area contributed by atoms with Gasteiger partial charge in [-0.2, -0.15) is 0 Å². The van der Waals surface area contributed by atoms with Crippen LogP contribution >= 0.6 is 0 Å². The van der Waals surface area contributed by atoms with Crippen molar-refractivity contribution in [2.45, 2.75) is 25.2 Å². The Morgan fingerprint density at radius 3 is 2.43 bits per heavy atom. The van der Waals surface area contributed by atoms with Crippen LogP contribution in [-0.4, -0.2) is 42.2 Å². The van der Waals surface area contributed by atoms with Crippen LogP contribution in [0, 0.1) is 0 Å². The summed E-state index contributed by atoms with van der Waals surface area (Å²) >= 11 is 0. The molecule has 0 aliphatic carbocycles. The second-order valence-corrected chi connectivity index (χ2v) is 6.43. The minimum atomic E-state index is -0.582. The predicted octanol–water partition coefficient (Wildman–Crippen LogP) is 3.93. The van der Waals surface area contributed by atoms with Gasteiger partial charge in [0.2, 0.25) is 0 Å². The number of hydrogen-bond donors (Lipinski definition) is 0. The first-order valence-electron chi connectivity index (χ1n) is 8.91. The van der Waals surface area contributed by atoms with Gasteiger partial charge in [0.05, 0.1) is 18.2 Å². The third-order valence-corrected chi connectivity index (χ3v) is 4.35. The van der Waals surface area contributed by atoms with Crippen LogP contribution in [0.1, 0.15) is 22.3 Å². The lowest BCUT2D eigenvalue weighted by Gasteiger charge is -2.34. The monoisotopic (exact) mass is 380 g/mol. The average molecular weight is 380 g/mol. The zero-order valence-electron chi connectivity index (χ0n) is 15.2. The number of piperidine rings is 1. The maximum atomic E-state index is 12.5. The summed E-state index contributed by atoms with van der Waals surface area (Å²) in [5.74, 6) is -0.482. The van der Waals surface area contributed by atoms with Gasteiger partial charge in [-0.1, -0.05) is 53.6 Å². The third-order valence-electron chi connectivity index (χ3n) is 4.35. The Morgan fingerprint density at radius 2 is 1.75 bits per heavy atom. The predicted molar refractivity (Wildman–Crippen MR) is 101 cm³/mol. The van der Waals surface area contributed by atoms with Gasteiger partial charge in [-0.3, -0.25) is 0 Å². The Bertz CT molecular complexity index is 853. The summed E-state index contributed by atoms with van der Waals surface area (Å²) in [5.41, 5.74) is 10.0. The summed E-state index contributed by atoms with van der Waals surface area (Å²) in [4.78, 5) is 29.0. The second-order valence-electron chi connectivity index (χ2n) is 6.43. The molecule has 1 amide bonds. The average Bonchev–Trinajstić information content (AvgIpc) is 2.73. The van der Waals surface area contributed by atoms with Crippen LogP contribution in [0.3, 0.4) is 0 Å². The summed E-state index contributed by atoms with van der Waals surface area (Å²) in [7, 11) is 0. The first-order valence-corrected chi connectivity index (χ1v) is 8.91. The summed E-state index contributed by atoms with van der Waals surface area (Å²) in [6, 6.07) is 17.4. The molecule has 0 bridgehead atoms. The fraction of sp³-hybridized carbons (Fsp3) is 0.300. The molecule has 0 unspecified atom stereocenters. The summed E-state index contributed by atoms with van der Waals surface area (Å²) in [6.07, 6.45) is -0.769. The quantitative estimate of drug-likeness (QED) is 0.339. The number of hydrogen-bond acceptors (Lipinski definition) is 5. The highest BCUT2D eigenvalue weighted by molar-refractivity contribution is 5.89. The van der Waals surface area contributed by atoms with Crippen LogP contribution in [-0.2, 0) is 16.1 Å². The molecule has 8 heteroatoms. The summed E-state index contributed by atoms with van der Waals surface area (Å²) < 4.78 is 10.9. The molecule has 2 aromatic carbocycles. The number of ether oxygens (including phenoxy) is 2. The normalized spacial score (nSPS) is 18.6. The maximum absolute atomic E-state index is 12.5. The molecule has 0 aromatic heterocycles. The first kappa shape index (κ1) is 19.3. The van der Waals surface area contributed by atoms with Crippen LogP contribution in [0.4, 0.5) is 4.79 Å². The van der Waals surface area contributed by atoms with E-state index in [-0.39, 0.29) is 19.7 Å². The lowest BCUT2D eigenvalue weighted by atomic mass is 10.0. The Labute approximate surface area is 162 Å². The molecule has 1 saturated heterocycles. The molecular formula is C20H20N4O4. The van der Waals surface area contributed by atoms with Crippen molar-refractivity contribution in [1.29, 1.82) is 0 Å². The topological polar surface area (TPSA) is 105 Å². The van der Waals surface area contributed by atoms with Crippen molar-refractivity contribution in [1.82, 2.24) is 4.90 Å². The SMILES string of the molecule is [N-]=[N+]=N[C@H]1C[C@H](OC(=O)c2ccccc2)CN(C(=O)OCc2ccccc2)C1. The van der Waals surface area contributed by atoms with E-state index in [2.05, 4.69) is 10.0 Å². The van der Waals surface area contributed by atoms with Gasteiger partial charge in [-0.05, 0) is 29.6 Å². The van der Waals surface area contributed by atoms with Gasteiger partial charge in [0.15, 0.2) is 0 Å². The van der Waals surface area contributed by atoms with Crippen LogP contribution in [0.25, 0.3) is 10.4 Å². The fourth-order valence-corrected chi connectivity index (χ4v) is 3.02. The van der Waals surface area contributed by atoms with Crippen molar-refractivity contribution in [3.63, 3.8) is 0 Å². The highest BCUT2D eigenvalue weighted by atomic mass is 16.6. The fourth-order valence-electron chi connectivity index (χ4n) is 3.02. The van der Waals surface area contributed by atoms with Gasteiger partial charge in [0, 0.05) is 11.5 Å². The molecular weight excluding hydrogens is 360 g/mol. The van der Waals surface area contributed by atoms with E-state index in [4.69, 9.17) is 15.0 Å². The number of carbonyl (C=O) groups excluding carboxylic acids is 2. The summed E-state index contributed by atoms with van der Waals surface area (Å²) in [5, 5.41) is 3.70. The molecule has 0 N–H and O–H groups in total. The number of amides is 1. The minimum Gasteiger partial charge on any atom is -0.457 e. The molecule has 1 aliphatic rings. The number of esters is 1. The number of benzene rings is 2. The van der Waals surface area contributed by atoms with E-state index in [9.17, 15) is 9.59 Å². The van der Waals surface area contributed by atoms with Crippen LogP contribution in [0.5, 0.6) is 0 Å². The Balaban J connectivity index is 1.63. The maximum Gasteiger partial charge on any atom is 0.410 e. The van der Waals surface area contributed by atoms with E-state index in [0.717, 1.165) is 5.56 Å². The Morgan fingerprint density at radius 1 is 1.07 bits per heavy atom. The van der Waals surface area contributed by atoms with Crippen molar-refractivity contribution in [3.05, 3.63) is 82.2 Å². The molecule has 2 aromatic rings. The number of likely N-dealkylation sites (tertiary alicyclic amines) is 1. The molecule has 1 heterocycles. The van der Waals surface area contributed by atoms with Crippen LogP contribution < -0.4 is 0 Å². The van der Waals surface area contributed by atoms with E-state index in [1.807, 2.05) is 30.3 Å². The zero-order chi connectivity index (χ0) is 19.8. The number of nitrogens with zero attached hydrogens (tertiary/aromatic N) is 4. The van der Waals surface area contributed by atoms with Gasteiger partial charge in [-0.15, -0.1) is 0 Å². The van der Waals surface area contributed by atoms with Gasteiger partial charge in [0.25, 0.3) is 0 Å². The summed E-state index contributed by atoms with van der Waals surface area (Å²) in [6.45, 7) is 0.539. The molecule has 3 rings (SSSR count). The molecule has 8 nitrogen and oxygen atoms in total. The largest absolute Gasteiger partial charge is 0.457 e. The van der Waals surface area contributed by atoms with Gasteiger partial charge >= 0.3 is 12.1 Å². The molecule has 1 aliphatic heterocycles. The smallest absolute Gasteiger partial charge is 0.410 e. The van der Waals surface area contributed by atoms with Crippen molar-refractivity contribution < 1.29 is 19.1 Å². The lowest BCUT2D eigenvalue weighted by molar-refractivity contribution is 0.000550. The van der Waals surface area contributed by atoms with E-state index in [1.165, 1.54) is 4.90 Å². The van der Waals surface area contributed by atoms with Gasteiger partial charge in [0.1, 0.15) is 12.7 Å². The van der Waals surface area contributed by atoms with Crippen molar-refractivity contribution >= 4 is 12.1 Å². The van der Waals surface area contributed by atoms with Crippen molar-refractivity contribution in [2.24, 2.45) is 5.11 Å². The highest BCUT2D eigenvalue weighted by Crippen LogP contribution is 2.19. The molecule has 0 saturated carbocycles.